The molecular formula is C20H28N2S. The Bertz CT molecular complexity index is 610. The summed E-state index contributed by atoms with van der Waals surface area (Å²) < 4.78 is 0. The van der Waals surface area contributed by atoms with E-state index in [-0.39, 0.29) is 0 Å². The van der Waals surface area contributed by atoms with Gasteiger partial charge in [0, 0.05) is 12.7 Å². The van der Waals surface area contributed by atoms with E-state index in [2.05, 4.69) is 43.6 Å². The maximum absolute atomic E-state index is 6.40. The molecule has 0 radical (unpaired) electrons. The van der Waals surface area contributed by atoms with Crippen LogP contribution in [0.3, 0.4) is 0 Å². The number of nitrogens with two attached hydrogens (primary N) is 1. The lowest BCUT2D eigenvalue weighted by atomic mass is 9.89. The van der Waals surface area contributed by atoms with Crippen LogP contribution in [0.1, 0.15) is 50.2 Å². The molecule has 23 heavy (non-hydrogen) atoms. The standard InChI is InChI=1S/C20H28N2S/c1-5-16-11-12-18(22-4)13-19(16)14(2)20(21)23-15(3)17-9-7-6-8-10-17/h5,11-13,17,22H,1,3,6-10,21H2,2,4H3/b20-14+. The van der Waals surface area contributed by atoms with Gasteiger partial charge in [0.25, 0.3) is 0 Å². The molecule has 1 fully saturated rings. The molecule has 1 aromatic carbocycles. The molecule has 1 aliphatic carbocycles. The second-order valence-electron chi connectivity index (χ2n) is 6.15. The van der Waals surface area contributed by atoms with Crippen molar-refractivity contribution < 1.29 is 0 Å². The van der Waals surface area contributed by atoms with E-state index in [1.165, 1.54) is 37.0 Å². The van der Waals surface area contributed by atoms with Crippen LogP contribution in [0, 0.1) is 5.92 Å². The Morgan fingerprint density at radius 3 is 2.61 bits per heavy atom. The molecule has 0 atom stereocenters. The molecule has 0 aliphatic heterocycles. The van der Waals surface area contributed by atoms with Crippen molar-refractivity contribution in [3.05, 3.63) is 52.4 Å². The lowest BCUT2D eigenvalue weighted by Crippen LogP contribution is -2.08. The third-order valence-electron chi connectivity index (χ3n) is 4.64. The maximum atomic E-state index is 6.40. The van der Waals surface area contributed by atoms with E-state index in [0.29, 0.717) is 5.92 Å². The molecule has 2 rings (SSSR count). The third-order valence-corrected chi connectivity index (χ3v) is 5.76. The van der Waals surface area contributed by atoms with Crippen LogP contribution in [-0.4, -0.2) is 7.05 Å². The molecule has 0 aromatic heterocycles. The first-order valence-electron chi connectivity index (χ1n) is 8.34. The number of anilines is 1. The van der Waals surface area contributed by atoms with Gasteiger partial charge < -0.3 is 11.1 Å². The highest BCUT2D eigenvalue weighted by Gasteiger charge is 2.18. The van der Waals surface area contributed by atoms with E-state index in [9.17, 15) is 0 Å². The lowest BCUT2D eigenvalue weighted by molar-refractivity contribution is 0.415. The molecule has 0 saturated heterocycles. The van der Waals surface area contributed by atoms with E-state index in [4.69, 9.17) is 5.73 Å². The second kappa shape index (κ2) is 8.30. The molecule has 0 unspecified atom stereocenters. The van der Waals surface area contributed by atoms with Crippen molar-refractivity contribution in [2.24, 2.45) is 11.7 Å². The Morgan fingerprint density at radius 1 is 1.30 bits per heavy atom. The predicted octanol–water partition coefficient (Wildman–Crippen LogP) is 5.85. The van der Waals surface area contributed by atoms with E-state index >= 15 is 0 Å². The Morgan fingerprint density at radius 2 is 2.00 bits per heavy atom. The van der Waals surface area contributed by atoms with Gasteiger partial charge in [-0.2, -0.15) is 0 Å². The van der Waals surface area contributed by atoms with Crippen molar-refractivity contribution in [2.45, 2.75) is 39.0 Å². The zero-order valence-corrected chi connectivity index (χ0v) is 15.1. The molecule has 1 aromatic rings. The normalized spacial score (nSPS) is 16.6. The summed E-state index contributed by atoms with van der Waals surface area (Å²) in [7, 11) is 1.93. The summed E-state index contributed by atoms with van der Waals surface area (Å²) in [6.45, 7) is 10.3. The summed E-state index contributed by atoms with van der Waals surface area (Å²) in [5.41, 5.74) is 10.8. The van der Waals surface area contributed by atoms with Crippen molar-refractivity contribution in [1.29, 1.82) is 0 Å². The number of thioether (sulfide) groups is 1. The van der Waals surface area contributed by atoms with Crippen molar-refractivity contribution in [3.8, 4) is 0 Å². The average molecular weight is 329 g/mol. The second-order valence-corrected chi connectivity index (χ2v) is 7.32. The fraction of sp³-hybridized carbons (Fsp3) is 0.400. The Labute approximate surface area is 144 Å². The summed E-state index contributed by atoms with van der Waals surface area (Å²) in [6, 6.07) is 6.26. The van der Waals surface area contributed by atoms with Crippen LogP contribution in [0.4, 0.5) is 5.69 Å². The monoisotopic (exact) mass is 328 g/mol. The predicted molar refractivity (Wildman–Crippen MR) is 106 cm³/mol. The number of hydrogen-bond donors (Lipinski definition) is 2. The summed E-state index contributed by atoms with van der Waals surface area (Å²) in [6.07, 6.45) is 8.39. The Hall–Kier alpha value is -1.61. The minimum Gasteiger partial charge on any atom is -0.393 e. The van der Waals surface area contributed by atoms with Crippen molar-refractivity contribution >= 4 is 29.1 Å². The first-order valence-corrected chi connectivity index (χ1v) is 9.16. The van der Waals surface area contributed by atoms with Gasteiger partial charge >= 0.3 is 0 Å². The number of rotatable bonds is 6. The highest BCUT2D eigenvalue weighted by molar-refractivity contribution is 8.06. The third kappa shape index (κ3) is 4.44. The van der Waals surface area contributed by atoms with Crippen LogP contribution in [0.15, 0.2) is 41.3 Å². The van der Waals surface area contributed by atoms with Crippen molar-refractivity contribution in [3.63, 3.8) is 0 Å². The quantitative estimate of drug-likeness (QED) is 0.688. The highest BCUT2D eigenvalue weighted by Crippen LogP contribution is 2.39. The first-order chi connectivity index (χ1) is 11.1. The van der Waals surface area contributed by atoms with Gasteiger partial charge in [-0.15, -0.1) is 0 Å². The smallest absolute Gasteiger partial charge is 0.0736 e. The molecule has 1 aliphatic rings. The average Bonchev–Trinajstić information content (AvgIpc) is 2.61. The van der Waals surface area contributed by atoms with Gasteiger partial charge in [0.05, 0.1) is 5.03 Å². The van der Waals surface area contributed by atoms with Gasteiger partial charge in [-0.05, 0) is 59.4 Å². The van der Waals surface area contributed by atoms with E-state index in [0.717, 1.165) is 27.4 Å². The highest BCUT2D eigenvalue weighted by atomic mass is 32.2. The van der Waals surface area contributed by atoms with Crippen LogP contribution in [-0.2, 0) is 0 Å². The number of hydrogen-bond acceptors (Lipinski definition) is 3. The molecule has 3 heteroatoms. The summed E-state index contributed by atoms with van der Waals surface area (Å²) >= 11 is 1.65. The minimum absolute atomic E-state index is 0.614. The SMILES string of the molecule is C=Cc1ccc(NC)cc1/C(C)=C(\N)SC(=C)C1CCCCC1. The molecule has 0 amide bonds. The summed E-state index contributed by atoms with van der Waals surface area (Å²) in [5.74, 6) is 0.614. The van der Waals surface area contributed by atoms with Gasteiger partial charge in [-0.3, -0.25) is 0 Å². The van der Waals surface area contributed by atoms with Gasteiger partial charge in [0.2, 0.25) is 0 Å². The minimum atomic E-state index is 0.614. The van der Waals surface area contributed by atoms with E-state index in [1.807, 2.05) is 13.1 Å². The van der Waals surface area contributed by atoms with Crippen LogP contribution >= 0.6 is 11.8 Å². The molecule has 3 N–H and O–H groups in total. The lowest BCUT2D eigenvalue weighted by Gasteiger charge is -2.23. The van der Waals surface area contributed by atoms with E-state index in [1.54, 1.807) is 11.8 Å². The number of benzene rings is 1. The zero-order chi connectivity index (χ0) is 16.8. The topological polar surface area (TPSA) is 38.0 Å². The number of allylic oxidation sites excluding steroid dienone is 2. The molecule has 0 heterocycles. The van der Waals surface area contributed by atoms with Crippen molar-refractivity contribution in [2.75, 3.05) is 12.4 Å². The van der Waals surface area contributed by atoms with Crippen LogP contribution < -0.4 is 11.1 Å². The molecule has 2 nitrogen and oxygen atoms in total. The number of nitrogens with one attached hydrogen (secondary N) is 1. The maximum Gasteiger partial charge on any atom is 0.0736 e. The fourth-order valence-electron chi connectivity index (χ4n) is 3.07. The van der Waals surface area contributed by atoms with E-state index < -0.39 is 0 Å². The summed E-state index contributed by atoms with van der Waals surface area (Å²) in [5, 5.41) is 4.03. The molecular weight excluding hydrogens is 300 g/mol. The largest absolute Gasteiger partial charge is 0.393 e. The van der Waals surface area contributed by atoms with Gasteiger partial charge in [0.15, 0.2) is 0 Å². The molecule has 124 valence electrons. The zero-order valence-electron chi connectivity index (χ0n) is 14.3. The van der Waals surface area contributed by atoms with Crippen LogP contribution in [0.5, 0.6) is 0 Å². The molecule has 0 spiro atoms. The molecule has 0 bridgehead atoms. The van der Waals surface area contributed by atoms with Crippen LogP contribution in [0.2, 0.25) is 0 Å². The van der Waals surface area contributed by atoms with Gasteiger partial charge in [0.1, 0.15) is 0 Å². The summed E-state index contributed by atoms with van der Waals surface area (Å²) in [4.78, 5) is 1.21. The first kappa shape index (κ1) is 17.7. The van der Waals surface area contributed by atoms with Crippen LogP contribution in [0.25, 0.3) is 11.6 Å². The van der Waals surface area contributed by atoms with Gasteiger partial charge in [-0.25, -0.2) is 0 Å². The fourth-order valence-corrected chi connectivity index (χ4v) is 4.02. The Balaban J connectivity index is 2.22. The van der Waals surface area contributed by atoms with Crippen molar-refractivity contribution in [1.82, 2.24) is 0 Å². The Kier molecular flexibility index (Phi) is 6.40. The van der Waals surface area contributed by atoms with Gasteiger partial charge in [-0.1, -0.05) is 56.3 Å². The molecule has 1 saturated carbocycles.